The van der Waals surface area contributed by atoms with E-state index in [-0.39, 0.29) is 0 Å². The molecule has 0 saturated carbocycles. The van der Waals surface area contributed by atoms with Crippen molar-refractivity contribution < 1.29 is 14.3 Å². The average molecular weight is 281 g/mol. The van der Waals surface area contributed by atoms with Crippen molar-refractivity contribution in [2.24, 2.45) is 0 Å². The molecular formula is C14H23N3O3. The van der Waals surface area contributed by atoms with Crippen molar-refractivity contribution in [3.05, 3.63) is 11.4 Å². The fourth-order valence-corrected chi connectivity index (χ4v) is 2.23. The molecule has 1 fully saturated rings. The molecule has 20 heavy (non-hydrogen) atoms. The van der Waals surface area contributed by atoms with Gasteiger partial charge in [0.05, 0.1) is 11.8 Å². The van der Waals surface area contributed by atoms with Crippen LogP contribution in [-0.4, -0.2) is 39.3 Å². The summed E-state index contributed by atoms with van der Waals surface area (Å²) in [7, 11) is 0. The molecule has 1 atom stereocenters. The Morgan fingerprint density at radius 1 is 1.50 bits per heavy atom. The molecule has 1 unspecified atom stereocenters. The number of esters is 1. The van der Waals surface area contributed by atoms with Crippen LogP contribution >= 0.6 is 0 Å². The minimum absolute atomic E-state index is 0.298. The lowest BCUT2D eigenvalue weighted by Crippen LogP contribution is -2.24. The summed E-state index contributed by atoms with van der Waals surface area (Å²) in [6.07, 6.45) is 3.44. The van der Waals surface area contributed by atoms with E-state index in [0.29, 0.717) is 18.3 Å². The summed E-state index contributed by atoms with van der Waals surface area (Å²) in [4.78, 5) is 12.0. The Labute approximate surface area is 119 Å². The predicted octanol–water partition coefficient (Wildman–Crippen LogP) is 2.11. The topological polar surface area (TPSA) is 66.2 Å². The fraction of sp³-hybridized carbons (Fsp3) is 0.786. The quantitative estimate of drug-likeness (QED) is 0.791. The second-order valence-electron chi connectivity index (χ2n) is 6.17. The summed E-state index contributed by atoms with van der Waals surface area (Å²) in [5.41, 5.74) is 0.523. The monoisotopic (exact) mass is 281 g/mol. The molecule has 0 N–H and O–H groups in total. The first-order chi connectivity index (χ1) is 9.37. The smallest absolute Gasteiger partial charge is 0.361 e. The third kappa shape index (κ3) is 3.79. The number of rotatable bonds is 4. The second-order valence-corrected chi connectivity index (χ2v) is 6.17. The number of carbonyl (C=O) groups excluding carboxylic acids is 1. The van der Waals surface area contributed by atoms with E-state index in [9.17, 15) is 4.79 Å². The number of aromatic nitrogens is 3. The standard InChI is InChI=1S/C14H23N3O3/c1-10-12(13(18)20-14(2,3)4)15-16-17(10)8-7-11-6-5-9-19-11/h11H,5-9H2,1-4H3. The van der Waals surface area contributed by atoms with Crippen molar-refractivity contribution in [3.63, 3.8) is 0 Å². The van der Waals surface area contributed by atoms with E-state index in [4.69, 9.17) is 9.47 Å². The second kappa shape index (κ2) is 5.91. The first-order valence-electron chi connectivity index (χ1n) is 7.12. The maximum absolute atomic E-state index is 12.0. The molecule has 2 rings (SSSR count). The van der Waals surface area contributed by atoms with E-state index in [1.807, 2.05) is 27.7 Å². The van der Waals surface area contributed by atoms with Gasteiger partial charge in [0.1, 0.15) is 5.60 Å². The van der Waals surface area contributed by atoms with E-state index in [1.165, 1.54) is 0 Å². The van der Waals surface area contributed by atoms with E-state index in [2.05, 4.69) is 10.3 Å². The van der Waals surface area contributed by atoms with E-state index < -0.39 is 11.6 Å². The van der Waals surface area contributed by atoms with Crippen LogP contribution in [0.2, 0.25) is 0 Å². The van der Waals surface area contributed by atoms with Crippen LogP contribution < -0.4 is 0 Å². The van der Waals surface area contributed by atoms with Gasteiger partial charge in [-0.3, -0.25) is 0 Å². The highest BCUT2D eigenvalue weighted by atomic mass is 16.6. The van der Waals surface area contributed by atoms with Crippen LogP contribution in [-0.2, 0) is 16.0 Å². The lowest BCUT2D eigenvalue weighted by molar-refractivity contribution is 0.00619. The molecule has 0 spiro atoms. The van der Waals surface area contributed by atoms with Gasteiger partial charge in [-0.2, -0.15) is 0 Å². The van der Waals surface area contributed by atoms with Crippen LogP contribution in [0.1, 0.15) is 56.2 Å². The molecule has 0 aliphatic carbocycles. The number of carbonyl (C=O) groups is 1. The highest BCUT2D eigenvalue weighted by Crippen LogP contribution is 2.17. The zero-order valence-electron chi connectivity index (χ0n) is 12.7. The third-order valence-corrected chi connectivity index (χ3v) is 3.26. The highest BCUT2D eigenvalue weighted by Gasteiger charge is 2.24. The minimum Gasteiger partial charge on any atom is -0.455 e. The molecule has 112 valence electrons. The van der Waals surface area contributed by atoms with Gasteiger partial charge in [-0.25, -0.2) is 9.48 Å². The van der Waals surface area contributed by atoms with Crippen LogP contribution in [0.3, 0.4) is 0 Å². The van der Waals surface area contributed by atoms with Crippen molar-refractivity contribution in [2.75, 3.05) is 6.61 Å². The molecular weight excluding hydrogens is 258 g/mol. The van der Waals surface area contributed by atoms with E-state index in [1.54, 1.807) is 4.68 Å². The number of nitrogens with zero attached hydrogens (tertiary/aromatic N) is 3. The van der Waals surface area contributed by atoms with E-state index >= 15 is 0 Å². The zero-order valence-corrected chi connectivity index (χ0v) is 12.7. The van der Waals surface area contributed by atoms with Crippen molar-refractivity contribution in [1.82, 2.24) is 15.0 Å². The summed E-state index contributed by atoms with van der Waals surface area (Å²) >= 11 is 0. The molecule has 0 radical (unpaired) electrons. The molecule has 0 bridgehead atoms. The molecule has 6 heteroatoms. The summed E-state index contributed by atoms with van der Waals surface area (Å²) in [6.45, 7) is 8.91. The summed E-state index contributed by atoms with van der Waals surface area (Å²) < 4.78 is 12.6. The number of ether oxygens (including phenoxy) is 2. The van der Waals surface area contributed by atoms with Gasteiger partial charge in [0.25, 0.3) is 0 Å². The van der Waals surface area contributed by atoms with Gasteiger partial charge >= 0.3 is 5.97 Å². The Morgan fingerprint density at radius 2 is 2.25 bits per heavy atom. The molecule has 0 amide bonds. The van der Waals surface area contributed by atoms with Crippen molar-refractivity contribution >= 4 is 5.97 Å². The average Bonchev–Trinajstić information content (AvgIpc) is 2.93. The number of aryl methyl sites for hydroxylation is 1. The largest absolute Gasteiger partial charge is 0.455 e. The first-order valence-corrected chi connectivity index (χ1v) is 7.12. The predicted molar refractivity (Wildman–Crippen MR) is 73.5 cm³/mol. The van der Waals surface area contributed by atoms with Crippen molar-refractivity contribution in [2.45, 2.75) is 65.2 Å². The molecule has 1 aliphatic heterocycles. The van der Waals surface area contributed by atoms with Crippen LogP contribution in [0.15, 0.2) is 0 Å². The summed E-state index contributed by atoms with van der Waals surface area (Å²) in [5, 5.41) is 7.98. The third-order valence-electron chi connectivity index (χ3n) is 3.26. The number of hydrogen-bond acceptors (Lipinski definition) is 5. The Kier molecular flexibility index (Phi) is 4.42. The highest BCUT2D eigenvalue weighted by molar-refractivity contribution is 5.88. The fourth-order valence-electron chi connectivity index (χ4n) is 2.23. The zero-order chi connectivity index (χ0) is 14.8. The normalized spacial score (nSPS) is 19.3. The molecule has 6 nitrogen and oxygen atoms in total. The SMILES string of the molecule is Cc1c(C(=O)OC(C)(C)C)nnn1CCC1CCCO1. The molecule has 1 aliphatic rings. The Morgan fingerprint density at radius 3 is 2.85 bits per heavy atom. The van der Waals surface area contributed by atoms with Crippen LogP contribution in [0.25, 0.3) is 0 Å². The van der Waals surface area contributed by atoms with Gasteiger partial charge in [0, 0.05) is 13.2 Å². The van der Waals surface area contributed by atoms with Gasteiger partial charge in [-0.05, 0) is 47.0 Å². The van der Waals surface area contributed by atoms with Gasteiger partial charge in [-0.15, -0.1) is 5.10 Å². The molecule has 0 aromatic carbocycles. The number of hydrogen-bond donors (Lipinski definition) is 0. The Balaban J connectivity index is 1.97. The van der Waals surface area contributed by atoms with Crippen LogP contribution in [0, 0.1) is 6.92 Å². The van der Waals surface area contributed by atoms with Gasteiger partial charge < -0.3 is 9.47 Å². The first kappa shape index (κ1) is 15.0. The lowest BCUT2D eigenvalue weighted by atomic mass is 10.2. The van der Waals surface area contributed by atoms with Gasteiger partial charge in [0.15, 0.2) is 5.69 Å². The Hall–Kier alpha value is -1.43. The van der Waals surface area contributed by atoms with Crippen molar-refractivity contribution in [3.8, 4) is 0 Å². The molecule has 1 aromatic rings. The Bertz CT molecular complexity index is 470. The maximum atomic E-state index is 12.0. The summed E-state index contributed by atoms with van der Waals surface area (Å²) in [5.74, 6) is -0.418. The van der Waals surface area contributed by atoms with Gasteiger partial charge in [-0.1, -0.05) is 5.21 Å². The van der Waals surface area contributed by atoms with Gasteiger partial charge in [0.2, 0.25) is 0 Å². The van der Waals surface area contributed by atoms with Crippen molar-refractivity contribution in [1.29, 1.82) is 0 Å². The summed E-state index contributed by atoms with van der Waals surface area (Å²) in [6, 6.07) is 0. The van der Waals surface area contributed by atoms with Crippen LogP contribution in [0.4, 0.5) is 0 Å². The molecule has 1 saturated heterocycles. The minimum atomic E-state index is -0.523. The lowest BCUT2D eigenvalue weighted by Gasteiger charge is -2.18. The molecule has 1 aromatic heterocycles. The molecule has 2 heterocycles. The van der Waals surface area contributed by atoms with E-state index in [0.717, 1.165) is 31.6 Å². The van der Waals surface area contributed by atoms with Crippen LogP contribution in [0.5, 0.6) is 0 Å². The maximum Gasteiger partial charge on any atom is 0.361 e.